The number of ether oxygens (including phenoxy) is 1. The van der Waals surface area contributed by atoms with Crippen molar-refractivity contribution in [3.05, 3.63) is 59.2 Å². The number of benzene rings is 2. The van der Waals surface area contributed by atoms with Crippen LogP contribution in [0.2, 0.25) is 0 Å². The van der Waals surface area contributed by atoms with Crippen LogP contribution in [0.3, 0.4) is 0 Å². The van der Waals surface area contributed by atoms with Crippen LogP contribution in [0.4, 0.5) is 10.5 Å². The zero-order chi connectivity index (χ0) is 25.4. The zero-order valence-electron chi connectivity index (χ0n) is 20.9. The fraction of sp³-hybridized carbons (Fsp3) is 0.370. The molecule has 11 heteroatoms. The molecule has 3 aliphatic rings. The Balaban J connectivity index is 0.00000294. The van der Waals surface area contributed by atoms with Crippen LogP contribution in [-0.4, -0.2) is 82.5 Å². The smallest absolute Gasteiger partial charge is 0.333 e. The molecule has 0 atom stereocenters. The summed E-state index contributed by atoms with van der Waals surface area (Å²) < 4.78 is 5.32. The number of halogens is 1. The van der Waals surface area contributed by atoms with Gasteiger partial charge in [-0.3, -0.25) is 20.2 Å². The van der Waals surface area contributed by atoms with Crippen LogP contribution >= 0.6 is 12.4 Å². The molecule has 200 valence electrons. The molecule has 2 aliphatic heterocycles. The average molecular weight is 539 g/mol. The molecule has 0 saturated carbocycles. The Morgan fingerprint density at radius 3 is 2.53 bits per heavy atom. The van der Waals surface area contributed by atoms with E-state index in [2.05, 4.69) is 38.0 Å². The van der Waals surface area contributed by atoms with Crippen LogP contribution < -0.4 is 10.7 Å². The van der Waals surface area contributed by atoms with Crippen molar-refractivity contribution in [2.75, 3.05) is 44.7 Å². The largest absolute Gasteiger partial charge is 0.393 e. The van der Waals surface area contributed by atoms with Gasteiger partial charge in [-0.05, 0) is 24.5 Å². The van der Waals surface area contributed by atoms with Gasteiger partial charge in [0.15, 0.2) is 5.78 Å². The number of aliphatic hydroxyl groups is 1. The van der Waals surface area contributed by atoms with E-state index < -0.39 is 6.03 Å². The minimum Gasteiger partial charge on any atom is -0.393 e. The molecule has 2 fully saturated rings. The number of rotatable bonds is 5. The van der Waals surface area contributed by atoms with Gasteiger partial charge in [-0.2, -0.15) is 5.10 Å². The molecule has 1 aliphatic carbocycles. The average Bonchev–Trinajstić information content (AvgIpc) is 3.47. The van der Waals surface area contributed by atoms with Crippen LogP contribution in [0.25, 0.3) is 22.5 Å². The van der Waals surface area contributed by atoms with Gasteiger partial charge in [0.1, 0.15) is 5.69 Å². The number of hydrogen-bond donors (Lipinski definition) is 4. The first-order chi connectivity index (χ1) is 18.1. The molecule has 38 heavy (non-hydrogen) atoms. The van der Waals surface area contributed by atoms with E-state index in [0.717, 1.165) is 43.6 Å². The monoisotopic (exact) mass is 538 g/mol. The van der Waals surface area contributed by atoms with Crippen LogP contribution in [0, 0.1) is 0 Å². The molecule has 10 nitrogen and oxygen atoms in total. The van der Waals surface area contributed by atoms with Crippen molar-refractivity contribution in [1.29, 1.82) is 0 Å². The lowest BCUT2D eigenvalue weighted by atomic mass is 10.0. The highest BCUT2D eigenvalue weighted by atomic mass is 35.5. The molecular weight excluding hydrogens is 508 g/mol. The molecule has 0 bridgehead atoms. The van der Waals surface area contributed by atoms with Gasteiger partial charge in [-0.15, -0.1) is 12.4 Å². The highest BCUT2D eigenvalue weighted by Gasteiger charge is 2.35. The SMILES string of the molecule is Cl.O=C(Nc1cccc2c1C(=O)c1c(-c3ccc(CN4CCC(O)CC4)cc3)n[nH]c1-2)NN1CCOCC1. The summed E-state index contributed by atoms with van der Waals surface area (Å²) in [6.07, 6.45) is 1.44. The second kappa shape index (κ2) is 11.2. The number of carbonyl (C=O) groups is 2. The number of nitrogens with zero attached hydrogens (tertiary/aromatic N) is 3. The van der Waals surface area contributed by atoms with E-state index >= 15 is 0 Å². The van der Waals surface area contributed by atoms with Gasteiger partial charge in [0, 0.05) is 43.9 Å². The highest BCUT2D eigenvalue weighted by Crippen LogP contribution is 2.42. The highest BCUT2D eigenvalue weighted by molar-refractivity contribution is 6.26. The Morgan fingerprint density at radius 2 is 1.79 bits per heavy atom. The van der Waals surface area contributed by atoms with E-state index in [1.165, 1.54) is 5.56 Å². The Kier molecular flexibility index (Phi) is 7.78. The Labute approximate surface area is 226 Å². The number of ketones is 1. The molecule has 2 aromatic carbocycles. The lowest BCUT2D eigenvalue weighted by molar-refractivity contribution is 0.0207. The van der Waals surface area contributed by atoms with E-state index in [4.69, 9.17) is 4.74 Å². The second-order valence-electron chi connectivity index (χ2n) is 9.75. The first-order valence-electron chi connectivity index (χ1n) is 12.7. The number of hydrogen-bond acceptors (Lipinski definition) is 7. The van der Waals surface area contributed by atoms with Crippen LogP contribution in [0.5, 0.6) is 0 Å². The molecule has 2 amide bonds. The molecule has 4 N–H and O–H groups in total. The van der Waals surface area contributed by atoms with Crippen molar-refractivity contribution in [3.63, 3.8) is 0 Å². The van der Waals surface area contributed by atoms with Crippen molar-refractivity contribution in [1.82, 2.24) is 25.5 Å². The number of H-pyrrole nitrogens is 1. The molecule has 2 saturated heterocycles. The minimum atomic E-state index is -0.393. The molecule has 1 aromatic heterocycles. The number of nitrogens with one attached hydrogen (secondary N) is 3. The van der Waals surface area contributed by atoms with Gasteiger partial charge in [0.25, 0.3) is 0 Å². The van der Waals surface area contributed by atoms with E-state index in [9.17, 15) is 14.7 Å². The first kappa shape index (κ1) is 26.3. The van der Waals surface area contributed by atoms with E-state index in [1.807, 2.05) is 24.3 Å². The number of morpholine rings is 1. The minimum absolute atomic E-state index is 0. The van der Waals surface area contributed by atoms with Gasteiger partial charge in [-0.25, -0.2) is 9.80 Å². The number of urea groups is 1. The van der Waals surface area contributed by atoms with Crippen LogP contribution in [0.15, 0.2) is 42.5 Å². The van der Waals surface area contributed by atoms with E-state index in [-0.39, 0.29) is 24.3 Å². The molecule has 3 aromatic rings. The third kappa shape index (κ3) is 5.18. The molecule has 0 spiro atoms. The number of hydrazine groups is 1. The number of aromatic amines is 1. The van der Waals surface area contributed by atoms with Crippen LogP contribution in [-0.2, 0) is 11.3 Å². The van der Waals surface area contributed by atoms with Gasteiger partial charge in [0.05, 0.1) is 41.8 Å². The number of aliphatic hydroxyl groups excluding tert-OH is 1. The van der Waals surface area contributed by atoms with Crippen molar-refractivity contribution in [2.45, 2.75) is 25.5 Å². The lowest BCUT2D eigenvalue weighted by Gasteiger charge is -2.29. The number of piperidine rings is 1. The van der Waals surface area contributed by atoms with Crippen LogP contribution in [0.1, 0.15) is 34.3 Å². The van der Waals surface area contributed by atoms with Crippen molar-refractivity contribution < 1.29 is 19.4 Å². The maximum Gasteiger partial charge on any atom is 0.333 e. The molecule has 0 unspecified atom stereocenters. The third-order valence-electron chi connectivity index (χ3n) is 7.26. The lowest BCUT2D eigenvalue weighted by Crippen LogP contribution is -2.49. The Hall–Kier alpha value is -3.28. The summed E-state index contributed by atoms with van der Waals surface area (Å²) in [7, 11) is 0. The van der Waals surface area contributed by atoms with E-state index in [1.54, 1.807) is 11.1 Å². The number of anilines is 1. The molecule has 3 heterocycles. The summed E-state index contributed by atoms with van der Waals surface area (Å²) in [6.45, 7) is 4.96. The summed E-state index contributed by atoms with van der Waals surface area (Å²) in [5.41, 5.74) is 8.31. The molecule has 0 radical (unpaired) electrons. The fourth-order valence-electron chi connectivity index (χ4n) is 5.27. The van der Waals surface area contributed by atoms with Gasteiger partial charge >= 0.3 is 6.03 Å². The summed E-state index contributed by atoms with van der Waals surface area (Å²) in [5, 5.41) is 21.9. The Morgan fingerprint density at radius 1 is 1.05 bits per heavy atom. The van der Waals surface area contributed by atoms with E-state index in [0.29, 0.717) is 54.5 Å². The normalized spacial score (nSPS) is 18.0. The predicted octanol–water partition coefficient (Wildman–Crippen LogP) is 3.04. The number of carbonyl (C=O) groups excluding carboxylic acids is 2. The number of amides is 2. The standard InChI is InChI=1S/C27H30N6O4.ClH/c34-19-8-10-32(11-9-19)16-17-4-6-18(7-5-17)24-23-25(30-29-24)20-2-1-3-21(22(20)26(23)35)28-27(36)31-33-12-14-37-15-13-33;/h1-7,19,34H,8-16H2,(H,29,30)(H2,28,31,36);1H. The third-order valence-corrected chi connectivity index (χ3v) is 7.26. The maximum atomic E-state index is 13.6. The summed E-state index contributed by atoms with van der Waals surface area (Å²) in [4.78, 5) is 28.6. The van der Waals surface area contributed by atoms with Gasteiger partial charge in [-0.1, -0.05) is 36.4 Å². The first-order valence-corrected chi connectivity index (χ1v) is 12.7. The van der Waals surface area contributed by atoms with Crippen molar-refractivity contribution >= 4 is 29.9 Å². The second-order valence-corrected chi connectivity index (χ2v) is 9.75. The number of likely N-dealkylation sites (tertiary alicyclic amines) is 1. The zero-order valence-corrected chi connectivity index (χ0v) is 21.7. The topological polar surface area (TPSA) is 123 Å². The fourth-order valence-corrected chi connectivity index (χ4v) is 5.27. The maximum absolute atomic E-state index is 13.6. The summed E-state index contributed by atoms with van der Waals surface area (Å²) >= 11 is 0. The number of aromatic nitrogens is 2. The van der Waals surface area contributed by atoms with Gasteiger partial charge < -0.3 is 15.2 Å². The summed E-state index contributed by atoms with van der Waals surface area (Å²) in [5.74, 6) is -0.160. The van der Waals surface area contributed by atoms with Crippen molar-refractivity contribution in [2.24, 2.45) is 0 Å². The quantitative estimate of drug-likeness (QED) is 0.308. The van der Waals surface area contributed by atoms with Crippen molar-refractivity contribution in [3.8, 4) is 22.5 Å². The summed E-state index contributed by atoms with van der Waals surface area (Å²) in [6, 6.07) is 13.2. The number of fused-ring (bicyclic) bond motifs is 3. The molecule has 6 rings (SSSR count). The predicted molar refractivity (Wildman–Crippen MR) is 145 cm³/mol. The van der Waals surface area contributed by atoms with Gasteiger partial charge in [0.2, 0.25) is 0 Å². The Bertz CT molecular complexity index is 1310. The molecular formula is C27H31ClN6O4.